The minimum absolute atomic E-state index is 0.316. The van der Waals surface area contributed by atoms with E-state index in [1.54, 1.807) is 27.8 Å². The van der Waals surface area contributed by atoms with Gasteiger partial charge in [-0.15, -0.1) is 32.9 Å². The molecule has 2 aromatic rings. The van der Waals surface area contributed by atoms with Gasteiger partial charge in [0.15, 0.2) is 0 Å². The van der Waals surface area contributed by atoms with E-state index in [4.69, 9.17) is 11.6 Å². The second-order valence-corrected chi connectivity index (χ2v) is 10.1. The van der Waals surface area contributed by atoms with Crippen LogP contribution in [-0.4, -0.2) is 36.0 Å². The van der Waals surface area contributed by atoms with Gasteiger partial charge in [-0.3, -0.25) is 0 Å². The van der Waals surface area contributed by atoms with Crippen LogP contribution in [0.3, 0.4) is 0 Å². The first-order valence-electron chi connectivity index (χ1n) is 7.08. The summed E-state index contributed by atoms with van der Waals surface area (Å²) in [5.41, 5.74) is 0. The van der Waals surface area contributed by atoms with Gasteiger partial charge in [0.05, 0.1) is 4.34 Å². The van der Waals surface area contributed by atoms with Crippen LogP contribution in [0.2, 0.25) is 4.34 Å². The monoisotopic (exact) mass is 377 g/mol. The fourth-order valence-electron chi connectivity index (χ4n) is 2.48. The molecule has 120 valence electrons. The minimum Gasteiger partial charge on any atom is -0.206 e. The molecule has 1 saturated heterocycles. The molecule has 0 unspecified atom stereocenters. The van der Waals surface area contributed by atoms with Gasteiger partial charge < -0.3 is 0 Å². The smallest absolute Gasteiger partial charge is 0.206 e. The van der Waals surface area contributed by atoms with E-state index in [2.05, 4.69) is 17.1 Å². The summed E-state index contributed by atoms with van der Waals surface area (Å²) in [6, 6.07) is 3.20. The van der Waals surface area contributed by atoms with E-state index in [-0.39, 0.29) is 0 Å². The Morgan fingerprint density at radius 2 is 2.00 bits per heavy atom. The molecule has 0 spiro atoms. The molecule has 1 fully saturated rings. The van der Waals surface area contributed by atoms with Gasteiger partial charge in [-0.2, -0.15) is 4.31 Å². The summed E-state index contributed by atoms with van der Waals surface area (Å²) in [4.78, 5) is 0. The molecule has 22 heavy (non-hydrogen) atoms. The Labute approximate surface area is 143 Å². The zero-order chi connectivity index (χ0) is 15.7. The van der Waals surface area contributed by atoms with E-state index >= 15 is 0 Å². The summed E-state index contributed by atoms with van der Waals surface area (Å²) < 4.78 is 27.5. The normalized spacial score (nSPS) is 17.9. The van der Waals surface area contributed by atoms with Crippen LogP contribution in [0, 0.1) is 0 Å². The number of halogens is 1. The summed E-state index contributed by atoms with van der Waals surface area (Å²) in [6.45, 7) is 3.10. The highest BCUT2D eigenvalue weighted by Gasteiger charge is 2.32. The average Bonchev–Trinajstić information content (AvgIpc) is 3.16. The zero-order valence-electron chi connectivity index (χ0n) is 12.0. The van der Waals surface area contributed by atoms with Crippen molar-refractivity contribution in [1.82, 2.24) is 14.5 Å². The number of aryl methyl sites for hydroxylation is 1. The molecule has 3 rings (SSSR count). The Morgan fingerprint density at radius 3 is 2.55 bits per heavy atom. The highest BCUT2D eigenvalue weighted by atomic mass is 35.5. The molecule has 1 aliphatic heterocycles. The van der Waals surface area contributed by atoms with E-state index < -0.39 is 10.0 Å². The summed E-state index contributed by atoms with van der Waals surface area (Å²) in [7, 11) is -3.41. The van der Waals surface area contributed by atoms with Crippen molar-refractivity contribution in [2.75, 3.05) is 13.1 Å². The van der Waals surface area contributed by atoms with Crippen LogP contribution in [0.15, 0.2) is 16.3 Å². The molecule has 0 amide bonds. The number of sulfonamides is 1. The van der Waals surface area contributed by atoms with Crippen LogP contribution >= 0.6 is 34.3 Å². The zero-order valence-corrected chi connectivity index (χ0v) is 15.2. The predicted octanol–water partition coefficient (Wildman–Crippen LogP) is 3.38. The van der Waals surface area contributed by atoms with E-state index in [1.165, 1.54) is 0 Å². The molecular formula is C13H16ClN3O2S3. The van der Waals surface area contributed by atoms with E-state index in [1.807, 2.05) is 0 Å². The van der Waals surface area contributed by atoms with E-state index in [0.29, 0.717) is 27.6 Å². The lowest BCUT2D eigenvalue weighted by atomic mass is 9.99. The molecule has 0 saturated carbocycles. The van der Waals surface area contributed by atoms with E-state index in [0.717, 1.165) is 40.6 Å². The summed E-state index contributed by atoms with van der Waals surface area (Å²) in [6.07, 6.45) is 2.47. The van der Waals surface area contributed by atoms with Gasteiger partial charge in [-0.05, 0) is 31.4 Å². The maximum absolute atomic E-state index is 12.5. The van der Waals surface area contributed by atoms with Crippen LogP contribution in [0.4, 0.5) is 0 Å². The van der Waals surface area contributed by atoms with Gasteiger partial charge >= 0.3 is 0 Å². The molecule has 1 aliphatic rings. The molecule has 0 atom stereocenters. The first kappa shape index (κ1) is 16.3. The predicted molar refractivity (Wildman–Crippen MR) is 89.3 cm³/mol. The Balaban J connectivity index is 1.68. The highest BCUT2D eigenvalue weighted by Crippen LogP contribution is 2.34. The fourth-order valence-corrected chi connectivity index (χ4v) is 6.54. The van der Waals surface area contributed by atoms with Gasteiger partial charge in [-0.25, -0.2) is 8.42 Å². The van der Waals surface area contributed by atoms with Crippen molar-refractivity contribution >= 4 is 44.3 Å². The maximum atomic E-state index is 12.5. The molecule has 0 aliphatic carbocycles. The number of piperidine rings is 1. The van der Waals surface area contributed by atoms with Crippen LogP contribution < -0.4 is 0 Å². The standard InChI is InChI=1S/C13H16ClN3O2S3/c1-2-11-15-16-13(21-11)9-5-7-17(8-6-9)22(18,19)12-4-3-10(14)20-12/h3-4,9H,2,5-8H2,1H3. The Bertz CT molecular complexity index is 748. The molecule has 5 nitrogen and oxygen atoms in total. The lowest BCUT2D eigenvalue weighted by Gasteiger charge is -2.29. The van der Waals surface area contributed by atoms with Crippen molar-refractivity contribution in [1.29, 1.82) is 0 Å². The molecule has 0 bridgehead atoms. The summed E-state index contributed by atoms with van der Waals surface area (Å²) in [5, 5.41) is 10.5. The maximum Gasteiger partial charge on any atom is 0.252 e. The Hall–Kier alpha value is -0.540. The average molecular weight is 378 g/mol. The van der Waals surface area contributed by atoms with Crippen LogP contribution in [0.1, 0.15) is 35.7 Å². The lowest BCUT2D eigenvalue weighted by molar-refractivity contribution is 0.319. The number of hydrogen-bond acceptors (Lipinski definition) is 6. The molecule has 9 heteroatoms. The van der Waals surface area contributed by atoms with Gasteiger partial charge in [0.1, 0.15) is 14.2 Å². The second kappa shape index (κ2) is 6.52. The lowest BCUT2D eigenvalue weighted by Crippen LogP contribution is -2.37. The van der Waals surface area contributed by atoms with Crippen LogP contribution in [0.25, 0.3) is 0 Å². The third-order valence-electron chi connectivity index (χ3n) is 3.73. The van der Waals surface area contributed by atoms with Crippen molar-refractivity contribution in [3.8, 4) is 0 Å². The number of nitrogens with zero attached hydrogens (tertiary/aromatic N) is 3. The Kier molecular flexibility index (Phi) is 4.84. The molecule has 3 heterocycles. The molecule has 0 N–H and O–H groups in total. The molecular weight excluding hydrogens is 362 g/mol. The van der Waals surface area contributed by atoms with Gasteiger partial charge in [-0.1, -0.05) is 18.5 Å². The highest BCUT2D eigenvalue weighted by molar-refractivity contribution is 7.91. The molecule has 2 aromatic heterocycles. The summed E-state index contributed by atoms with van der Waals surface area (Å²) in [5.74, 6) is 0.316. The van der Waals surface area contributed by atoms with Crippen molar-refractivity contribution in [2.24, 2.45) is 0 Å². The second-order valence-electron chi connectivity index (χ2n) is 5.12. The SMILES string of the molecule is CCc1nnc(C2CCN(S(=O)(=O)c3ccc(Cl)s3)CC2)s1. The Morgan fingerprint density at radius 1 is 1.27 bits per heavy atom. The number of rotatable bonds is 4. The third-order valence-corrected chi connectivity index (χ3v) is 8.56. The number of hydrogen-bond donors (Lipinski definition) is 0. The molecule has 0 aromatic carbocycles. The minimum atomic E-state index is -3.41. The molecule has 0 radical (unpaired) electrons. The van der Waals surface area contributed by atoms with Crippen molar-refractivity contribution < 1.29 is 8.42 Å². The number of aromatic nitrogens is 2. The fraction of sp³-hybridized carbons (Fsp3) is 0.538. The first-order chi connectivity index (χ1) is 10.5. The van der Waals surface area contributed by atoms with Crippen LogP contribution in [0.5, 0.6) is 0 Å². The van der Waals surface area contributed by atoms with Crippen molar-refractivity contribution in [3.63, 3.8) is 0 Å². The van der Waals surface area contributed by atoms with Gasteiger partial charge in [0, 0.05) is 19.0 Å². The third kappa shape index (κ3) is 3.21. The van der Waals surface area contributed by atoms with Crippen molar-refractivity contribution in [3.05, 3.63) is 26.5 Å². The number of thiophene rings is 1. The topological polar surface area (TPSA) is 63.2 Å². The van der Waals surface area contributed by atoms with Gasteiger partial charge in [0.25, 0.3) is 10.0 Å². The van der Waals surface area contributed by atoms with E-state index in [9.17, 15) is 8.42 Å². The van der Waals surface area contributed by atoms with Crippen molar-refractivity contribution in [2.45, 2.75) is 36.3 Å². The largest absolute Gasteiger partial charge is 0.252 e. The summed E-state index contributed by atoms with van der Waals surface area (Å²) >= 11 is 8.60. The first-order valence-corrected chi connectivity index (χ1v) is 10.5. The quantitative estimate of drug-likeness (QED) is 0.819. The van der Waals surface area contributed by atoms with Crippen LogP contribution in [-0.2, 0) is 16.4 Å². The van der Waals surface area contributed by atoms with Gasteiger partial charge in [0.2, 0.25) is 0 Å².